The van der Waals surface area contributed by atoms with Crippen LogP contribution in [-0.4, -0.2) is 52.5 Å². The van der Waals surface area contributed by atoms with Crippen molar-refractivity contribution >= 4 is 45.1 Å². The smallest absolute Gasteiger partial charge is 0.258 e. The molecule has 0 bridgehead atoms. The van der Waals surface area contributed by atoms with Crippen LogP contribution in [0.3, 0.4) is 0 Å². The monoisotopic (exact) mass is 435 g/mol. The summed E-state index contributed by atoms with van der Waals surface area (Å²) in [5.41, 5.74) is 1.05. The van der Waals surface area contributed by atoms with Crippen molar-refractivity contribution in [3.63, 3.8) is 0 Å². The summed E-state index contributed by atoms with van der Waals surface area (Å²) >= 11 is 2.84. The standard InChI is InChI=1S/C21H29N3O3S2/c1-4-24-17-9-8-16(27-5-2)11-18(17)29-21(24)22-19(25)13-28-14-20(26)23-10-6-7-15(3)12-23/h8-9,11,15H,4-7,10,12-14H2,1-3H3. The van der Waals surface area contributed by atoms with E-state index >= 15 is 0 Å². The van der Waals surface area contributed by atoms with Crippen LogP contribution in [0.15, 0.2) is 23.2 Å². The van der Waals surface area contributed by atoms with Gasteiger partial charge in [0.2, 0.25) is 5.91 Å². The molecule has 6 nitrogen and oxygen atoms in total. The van der Waals surface area contributed by atoms with E-state index in [-0.39, 0.29) is 17.6 Å². The molecule has 0 spiro atoms. The number of piperidine rings is 1. The summed E-state index contributed by atoms with van der Waals surface area (Å²) in [5, 5.41) is 0. The minimum absolute atomic E-state index is 0.128. The maximum Gasteiger partial charge on any atom is 0.258 e. The number of aromatic nitrogens is 1. The summed E-state index contributed by atoms with van der Waals surface area (Å²) in [6.45, 7) is 9.20. The fraction of sp³-hybridized carbons (Fsp3) is 0.571. The van der Waals surface area contributed by atoms with Crippen LogP contribution in [0.5, 0.6) is 5.75 Å². The van der Waals surface area contributed by atoms with Crippen LogP contribution in [-0.2, 0) is 16.1 Å². The van der Waals surface area contributed by atoms with Gasteiger partial charge in [-0.3, -0.25) is 9.59 Å². The number of likely N-dealkylation sites (tertiary alicyclic amines) is 1. The molecule has 1 atom stereocenters. The maximum atomic E-state index is 12.4. The van der Waals surface area contributed by atoms with Gasteiger partial charge in [-0.15, -0.1) is 11.8 Å². The number of carbonyl (C=O) groups excluding carboxylic acids is 2. The van der Waals surface area contributed by atoms with Crippen LogP contribution in [0.1, 0.15) is 33.6 Å². The predicted molar refractivity (Wildman–Crippen MR) is 120 cm³/mol. The minimum Gasteiger partial charge on any atom is -0.494 e. The van der Waals surface area contributed by atoms with Crippen molar-refractivity contribution in [1.82, 2.24) is 9.47 Å². The average molecular weight is 436 g/mol. The van der Waals surface area contributed by atoms with Gasteiger partial charge < -0.3 is 14.2 Å². The minimum atomic E-state index is -0.200. The number of benzene rings is 1. The maximum absolute atomic E-state index is 12.4. The first-order valence-electron chi connectivity index (χ1n) is 10.2. The topological polar surface area (TPSA) is 63.9 Å². The first-order valence-corrected chi connectivity index (χ1v) is 12.2. The average Bonchev–Trinajstić information content (AvgIpc) is 3.04. The van der Waals surface area contributed by atoms with Crippen LogP contribution in [0.2, 0.25) is 0 Å². The Labute approximate surface area is 180 Å². The summed E-state index contributed by atoms with van der Waals surface area (Å²) < 4.78 is 8.66. The van der Waals surface area contributed by atoms with Gasteiger partial charge in [-0.25, -0.2) is 0 Å². The van der Waals surface area contributed by atoms with Crippen LogP contribution < -0.4 is 9.54 Å². The molecule has 0 radical (unpaired) electrons. The number of ether oxygens (including phenoxy) is 1. The van der Waals surface area contributed by atoms with Crippen molar-refractivity contribution < 1.29 is 14.3 Å². The van der Waals surface area contributed by atoms with Gasteiger partial charge in [-0.05, 0) is 50.8 Å². The largest absolute Gasteiger partial charge is 0.494 e. The Kier molecular flexibility index (Phi) is 7.77. The Balaban J connectivity index is 1.63. The Morgan fingerprint density at radius 2 is 2.14 bits per heavy atom. The lowest BCUT2D eigenvalue weighted by Crippen LogP contribution is -2.40. The number of carbonyl (C=O) groups is 2. The molecule has 2 aromatic rings. The van der Waals surface area contributed by atoms with Gasteiger partial charge >= 0.3 is 0 Å². The molecule has 158 valence electrons. The van der Waals surface area contributed by atoms with Crippen LogP contribution in [0.4, 0.5) is 0 Å². The lowest BCUT2D eigenvalue weighted by Gasteiger charge is -2.30. The quantitative estimate of drug-likeness (QED) is 0.667. The lowest BCUT2D eigenvalue weighted by molar-refractivity contribution is -0.130. The summed E-state index contributed by atoms with van der Waals surface area (Å²) in [4.78, 5) is 31.7. The van der Waals surface area contributed by atoms with Gasteiger partial charge in [0.05, 0.1) is 28.3 Å². The SMILES string of the molecule is CCOc1ccc2c(c1)sc(=NC(=O)CSCC(=O)N1CCCC(C)C1)n2CC. The zero-order valence-corrected chi connectivity index (χ0v) is 19.0. The van der Waals surface area contributed by atoms with Crippen molar-refractivity contribution in [2.45, 2.75) is 40.2 Å². The van der Waals surface area contributed by atoms with Gasteiger partial charge in [0.25, 0.3) is 5.91 Å². The zero-order valence-electron chi connectivity index (χ0n) is 17.3. The van der Waals surface area contributed by atoms with E-state index < -0.39 is 0 Å². The van der Waals surface area contributed by atoms with Gasteiger partial charge in [-0.1, -0.05) is 18.3 Å². The van der Waals surface area contributed by atoms with E-state index in [4.69, 9.17) is 4.74 Å². The number of nitrogens with zero attached hydrogens (tertiary/aromatic N) is 3. The van der Waals surface area contributed by atoms with Crippen molar-refractivity contribution in [2.24, 2.45) is 10.9 Å². The van der Waals surface area contributed by atoms with Gasteiger partial charge in [0.15, 0.2) is 4.80 Å². The number of hydrogen-bond donors (Lipinski definition) is 0. The van der Waals surface area contributed by atoms with Crippen molar-refractivity contribution in [3.8, 4) is 5.75 Å². The van der Waals surface area contributed by atoms with E-state index in [2.05, 4.69) is 11.9 Å². The highest BCUT2D eigenvalue weighted by molar-refractivity contribution is 8.00. The zero-order chi connectivity index (χ0) is 20.8. The number of amides is 2. The van der Waals surface area contributed by atoms with E-state index in [1.54, 1.807) is 0 Å². The molecule has 1 fully saturated rings. The van der Waals surface area contributed by atoms with Crippen LogP contribution in [0.25, 0.3) is 10.2 Å². The molecule has 2 heterocycles. The number of fused-ring (bicyclic) bond motifs is 1. The molecule has 0 aliphatic carbocycles. The molecule has 1 aromatic carbocycles. The van der Waals surface area contributed by atoms with Gasteiger partial charge in [0, 0.05) is 19.6 Å². The first-order chi connectivity index (χ1) is 14.0. The first kappa shape index (κ1) is 21.9. The summed E-state index contributed by atoms with van der Waals surface area (Å²) in [7, 11) is 0. The number of thioether (sulfide) groups is 1. The molecular formula is C21H29N3O3S2. The second kappa shape index (κ2) is 10.3. The van der Waals surface area contributed by atoms with E-state index in [9.17, 15) is 9.59 Å². The van der Waals surface area contributed by atoms with Crippen molar-refractivity contribution in [1.29, 1.82) is 0 Å². The predicted octanol–water partition coefficient (Wildman–Crippen LogP) is 3.54. The van der Waals surface area contributed by atoms with Crippen molar-refractivity contribution in [2.75, 3.05) is 31.2 Å². The molecule has 1 aliphatic heterocycles. The molecule has 8 heteroatoms. The highest BCUT2D eigenvalue weighted by Gasteiger charge is 2.20. The summed E-state index contributed by atoms with van der Waals surface area (Å²) in [5.74, 6) is 1.87. The van der Waals surface area contributed by atoms with Gasteiger partial charge in [0.1, 0.15) is 5.75 Å². The number of hydrogen-bond acceptors (Lipinski definition) is 5. The second-order valence-corrected chi connectivity index (χ2v) is 9.27. The van der Waals surface area contributed by atoms with Crippen LogP contribution in [0, 0.1) is 5.92 Å². The third kappa shape index (κ3) is 5.63. The summed E-state index contributed by atoms with van der Waals surface area (Å²) in [6.07, 6.45) is 2.26. The molecule has 0 N–H and O–H groups in total. The molecule has 1 saturated heterocycles. The molecule has 29 heavy (non-hydrogen) atoms. The number of rotatable bonds is 7. The highest BCUT2D eigenvalue weighted by Crippen LogP contribution is 2.23. The second-order valence-electron chi connectivity index (χ2n) is 7.28. The fourth-order valence-corrected chi connectivity index (χ4v) is 5.41. The Morgan fingerprint density at radius 1 is 1.31 bits per heavy atom. The number of aryl methyl sites for hydroxylation is 1. The van der Waals surface area contributed by atoms with E-state index in [1.807, 2.05) is 41.5 Å². The lowest BCUT2D eigenvalue weighted by atomic mass is 10.0. The molecule has 1 aromatic heterocycles. The molecule has 3 rings (SSSR count). The normalized spacial score (nSPS) is 17.7. The van der Waals surface area contributed by atoms with Gasteiger partial charge in [-0.2, -0.15) is 4.99 Å². The van der Waals surface area contributed by atoms with E-state index in [1.165, 1.54) is 29.5 Å². The Bertz CT molecular complexity index is 935. The molecule has 2 amide bonds. The molecule has 1 aliphatic rings. The van der Waals surface area contributed by atoms with E-state index in [0.717, 1.165) is 42.0 Å². The number of thiazole rings is 1. The third-order valence-corrected chi connectivity index (χ3v) is 6.91. The highest BCUT2D eigenvalue weighted by atomic mass is 32.2. The summed E-state index contributed by atoms with van der Waals surface area (Å²) in [6, 6.07) is 5.95. The fourth-order valence-electron chi connectivity index (χ4n) is 3.57. The van der Waals surface area contributed by atoms with E-state index in [0.29, 0.717) is 23.1 Å². The molecule has 1 unspecified atom stereocenters. The third-order valence-electron chi connectivity index (χ3n) is 4.96. The Morgan fingerprint density at radius 3 is 2.86 bits per heavy atom. The Hall–Kier alpha value is -1.80. The van der Waals surface area contributed by atoms with Crippen LogP contribution >= 0.6 is 23.1 Å². The van der Waals surface area contributed by atoms with Crippen molar-refractivity contribution in [3.05, 3.63) is 23.0 Å². The molecular weight excluding hydrogens is 406 g/mol. The molecule has 0 saturated carbocycles.